The molecule has 110 valence electrons. The molecule has 0 saturated carbocycles. The SMILES string of the molecule is COCCNC(=O)N1CCCC(Oc2cccnn2)C1. The van der Waals surface area contributed by atoms with E-state index in [4.69, 9.17) is 9.47 Å². The Kier molecular flexibility index (Phi) is 5.55. The lowest BCUT2D eigenvalue weighted by atomic mass is 10.1. The summed E-state index contributed by atoms with van der Waals surface area (Å²) >= 11 is 0. The summed E-state index contributed by atoms with van der Waals surface area (Å²) in [5.74, 6) is 0.499. The first-order valence-electron chi connectivity index (χ1n) is 6.75. The number of nitrogens with one attached hydrogen (secondary N) is 1. The zero-order valence-corrected chi connectivity index (χ0v) is 11.6. The maximum atomic E-state index is 11.9. The maximum Gasteiger partial charge on any atom is 0.317 e. The van der Waals surface area contributed by atoms with Gasteiger partial charge in [0.05, 0.1) is 13.2 Å². The largest absolute Gasteiger partial charge is 0.471 e. The molecule has 1 aromatic rings. The van der Waals surface area contributed by atoms with E-state index in [2.05, 4.69) is 15.5 Å². The number of amides is 2. The molecule has 2 heterocycles. The summed E-state index contributed by atoms with van der Waals surface area (Å²) in [5, 5.41) is 10.5. The van der Waals surface area contributed by atoms with E-state index in [-0.39, 0.29) is 12.1 Å². The van der Waals surface area contributed by atoms with E-state index in [0.29, 0.717) is 25.6 Å². The molecule has 7 heteroatoms. The Balaban J connectivity index is 1.80. The van der Waals surface area contributed by atoms with Gasteiger partial charge in [0.15, 0.2) is 0 Å². The highest BCUT2D eigenvalue weighted by Gasteiger charge is 2.24. The Morgan fingerprint density at radius 2 is 2.50 bits per heavy atom. The molecular weight excluding hydrogens is 260 g/mol. The van der Waals surface area contributed by atoms with Gasteiger partial charge in [0.1, 0.15) is 6.10 Å². The van der Waals surface area contributed by atoms with Crippen molar-refractivity contribution < 1.29 is 14.3 Å². The molecule has 0 radical (unpaired) electrons. The summed E-state index contributed by atoms with van der Waals surface area (Å²) < 4.78 is 10.6. The van der Waals surface area contributed by atoms with Gasteiger partial charge in [0.25, 0.3) is 0 Å². The quantitative estimate of drug-likeness (QED) is 0.802. The van der Waals surface area contributed by atoms with Gasteiger partial charge in [0.2, 0.25) is 5.88 Å². The van der Waals surface area contributed by atoms with Crippen LogP contribution in [0.25, 0.3) is 0 Å². The number of hydrogen-bond donors (Lipinski definition) is 1. The van der Waals surface area contributed by atoms with Crippen LogP contribution in [0.2, 0.25) is 0 Å². The van der Waals surface area contributed by atoms with E-state index < -0.39 is 0 Å². The number of carbonyl (C=O) groups is 1. The van der Waals surface area contributed by atoms with Gasteiger partial charge < -0.3 is 19.7 Å². The van der Waals surface area contributed by atoms with E-state index in [1.165, 1.54) is 0 Å². The van der Waals surface area contributed by atoms with Crippen molar-refractivity contribution in [2.45, 2.75) is 18.9 Å². The number of nitrogens with zero attached hydrogens (tertiary/aromatic N) is 3. The molecule has 1 saturated heterocycles. The van der Waals surface area contributed by atoms with Crippen LogP contribution >= 0.6 is 0 Å². The lowest BCUT2D eigenvalue weighted by Gasteiger charge is -2.32. The molecule has 7 nitrogen and oxygen atoms in total. The maximum absolute atomic E-state index is 11.9. The molecule has 1 N–H and O–H groups in total. The van der Waals surface area contributed by atoms with Gasteiger partial charge in [-0.25, -0.2) is 4.79 Å². The molecule has 20 heavy (non-hydrogen) atoms. The van der Waals surface area contributed by atoms with Crippen molar-refractivity contribution in [2.24, 2.45) is 0 Å². The van der Waals surface area contributed by atoms with Crippen LogP contribution in [0, 0.1) is 0 Å². The third-order valence-electron chi connectivity index (χ3n) is 3.08. The normalized spacial score (nSPS) is 18.6. The average molecular weight is 280 g/mol. The Bertz CT molecular complexity index is 415. The number of rotatable bonds is 5. The summed E-state index contributed by atoms with van der Waals surface area (Å²) in [6.45, 7) is 2.34. The van der Waals surface area contributed by atoms with Gasteiger partial charge in [0, 0.05) is 32.5 Å². The van der Waals surface area contributed by atoms with Crippen molar-refractivity contribution in [3.63, 3.8) is 0 Å². The average Bonchev–Trinajstić information content (AvgIpc) is 2.49. The molecule has 1 fully saturated rings. The summed E-state index contributed by atoms with van der Waals surface area (Å²) in [5.41, 5.74) is 0. The number of ether oxygens (including phenoxy) is 2. The van der Waals surface area contributed by atoms with Crippen LogP contribution in [0.1, 0.15) is 12.8 Å². The van der Waals surface area contributed by atoms with Crippen LogP contribution in [0.15, 0.2) is 18.3 Å². The first kappa shape index (κ1) is 14.5. The van der Waals surface area contributed by atoms with Crippen molar-refractivity contribution >= 4 is 6.03 Å². The second-order valence-corrected chi connectivity index (χ2v) is 4.61. The Hall–Kier alpha value is -1.89. The summed E-state index contributed by atoms with van der Waals surface area (Å²) in [7, 11) is 1.61. The van der Waals surface area contributed by atoms with Gasteiger partial charge >= 0.3 is 6.03 Å². The van der Waals surface area contributed by atoms with Crippen LogP contribution in [0.3, 0.4) is 0 Å². The van der Waals surface area contributed by atoms with E-state index in [1.54, 1.807) is 30.3 Å². The summed E-state index contributed by atoms with van der Waals surface area (Å²) in [6, 6.07) is 3.47. The fraction of sp³-hybridized carbons (Fsp3) is 0.615. The fourth-order valence-corrected chi connectivity index (χ4v) is 2.11. The lowest BCUT2D eigenvalue weighted by Crippen LogP contribution is -2.49. The van der Waals surface area contributed by atoms with E-state index in [9.17, 15) is 4.79 Å². The van der Waals surface area contributed by atoms with Gasteiger partial charge in [-0.15, -0.1) is 5.10 Å². The number of aromatic nitrogens is 2. The summed E-state index contributed by atoms with van der Waals surface area (Å²) in [6.07, 6.45) is 3.40. The molecule has 2 rings (SSSR count). The Labute approximate surface area is 118 Å². The second kappa shape index (κ2) is 7.64. The van der Waals surface area contributed by atoms with E-state index in [1.807, 2.05) is 0 Å². The minimum atomic E-state index is -0.0745. The third kappa shape index (κ3) is 4.34. The van der Waals surface area contributed by atoms with Gasteiger partial charge in [-0.05, 0) is 18.9 Å². The monoisotopic (exact) mass is 280 g/mol. The zero-order chi connectivity index (χ0) is 14.2. The van der Waals surface area contributed by atoms with Crippen LogP contribution in [0.5, 0.6) is 5.88 Å². The molecule has 1 atom stereocenters. The summed E-state index contributed by atoms with van der Waals surface area (Å²) in [4.78, 5) is 13.7. The number of carbonyl (C=O) groups excluding carboxylic acids is 1. The first-order valence-corrected chi connectivity index (χ1v) is 6.75. The minimum Gasteiger partial charge on any atom is -0.471 e. The number of hydrogen-bond acceptors (Lipinski definition) is 5. The van der Waals surface area contributed by atoms with Crippen molar-refractivity contribution in [1.29, 1.82) is 0 Å². The molecule has 0 spiro atoms. The number of urea groups is 1. The van der Waals surface area contributed by atoms with Crippen LogP contribution in [-0.2, 0) is 4.74 Å². The molecule has 1 aromatic heterocycles. The highest BCUT2D eigenvalue weighted by molar-refractivity contribution is 5.74. The first-order chi connectivity index (χ1) is 9.79. The minimum absolute atomic E-state index is 0.0337. The Morgan fingerprint density at radius 1 is 1.60 bits per heavy atom. The highest BCUT2D eigenvalue weighted by atomic mass is 16.5. The van der Waals surface area contributed by atoms with Crippen molar-refractivity contribution in [2.75, 3.05) is 33.4 Å². The number of methoxy groups -OCH3 is 1. The van der Waals surface area contributed by atoms with Gasteiger partial charge in [-0.1, -0.05) is 0 Å². The number of piperidine rings is 1. The standard InChI is InChI=1S/C13H20N4O3/c1-19-9-7-14-13(18)17-8-3-4-11(10-17)20-12-5-2-6-15-16-12/h2,5-6,11H,3-4,7-10H2,1H3,(H,14,18). The Morgan fingerprint density at radius 3 is 3.25 bits per heavy atom. The zero-order valence-electron chi connectivity index (χ0n) is 11.6. The third-order valence-corrected chi connectivity index (χ3v) is 3.08. The number of likely N-dealkylation sites (tertiary alicyclic amines) is 1. The molecule has 1 aliphatic rings. The molecular formula is C13H20N4O3. The van der Waals surface area contributed by atoms with E-state index >= 15 is 0 Å². The molecule has 0 aliphatic carbocycles. The predicted molar refractivity (Wildman–Crippen MR) is 72.5 cm³/mol. The van der Waals surface area contributed by atoms with Crippen LogP contribution in [0.4, 0.5) is 4.79 Å². The fourth-order valence-electron chi connectivity index (χ4n) is 2.11. The van der Waals surface area contributed by atoms with Crippen molar-refractivity contribution in [3.05, 3.63) is 18.3 Å². The molecule has 1 aliphatic heterocycles. The molecule has 2 amide bonds. The van der Waals surface area contributed by atoms with Crippen molar-refractivity contribution in [1.82, 2.24) is 20.4 Å². The van der Waals surface area contributed by atoms with Crippen LogP contribution in [-0.4, -0.2) is 60.6 Å². The predicted octanol–water partition coefficient (Wildman–Crippen LogP) is 0.676. The molecule has 1 unspecified atom stereocenters. The highest BCUT2D eigenvalue weighted by Crippen LogP contribution is 2.15. The lowest BCUT2D eigenvalue weighted by molar-refractivity contribution is 0.0959. The van der Waals surface area contributed by atoms with Crippen molar-refractivity contribution in [3.8, 4) is 5.88 Å². The van der Waals surface area contributed by atoms with Crippen LogP contribution < -0.4 is 10.1 Å². The second-order valence-electron chi connectivity index (χ2n) is 4.61. The molecule has 0 bridgehead atoms. The van der Waals surface area contributed by atoms with E-state index in [0.717, 1.165) is 19.4 Å². The smallest absolute Gasteiger partial charge is 0.317 e. The molecule has 0 aromatic carbocycles. The van der Waals surface area contributed by atoms with Gasteiger partial charge in [-0.3, -0.25) is 0 Å². The van der Waals surface area contributed by atoms with Gasteiger partial charge in [-0.2, -0.15) is 5.10 Å². The topological polar surface area (TPSA) is 76.6 Å².